The Kier molecular flexibility index (Phi) is 5.85. The maximum absolute atomic E-state index is 13.0. The molecule has 1 aromatic heterocycles. The number of nitrogens with zero attached hydrogens (tertiary/aromatic N) is 1. The second-order valence-electron chi connectivity index (χ2n) is 6.99. The Hall–Kier alpha value is -3.46. The number of ether oxygens (including phenoxy) is 2. The van der Waals surface area contributed by atoms with Crippen molar-refractivity contribution in [3.05, 3.63) is 69.5 Å². The smallest absolute Gasteiger partial charge is 0.257 e. The van der Waals surface area contributed by atoms with Crippen molar-refractivity contribution in [1.82, 2.24) is 9.97 Å². The van der Waals surface area contributed by atoms with E-state index in [9.17, 15) is 14.7 Å². The third-order valence-corrected chi connectivity index (χ3v) is 6.00. The minimum atomic E-state index is -0.559. The second kappa shape index (κ2) is 8.73. The standard InChI is InChI=1S/C22H21N3O5S/c1-29-15-8-13(9-16(30-2)19(15)27)14-10-17(26)23-20-18(14)21(28)25-22(24-20)31-11-12-6-4-3-5-7-12/h3-9,14,27H,10-11H2,1-2H3,(H2,23,24,25,26,28). The SMILES string of the molecule is COc1cc(C2CC(=O)Nc3nc(SCc4ccccc4)[nH]c(=O)c32)cc(OC)c1O. The Bertz CT molecular complexity index is 1150. The Morgan fingerprint density at radius 2 is 1.81 bits per heavy atom. The number of rotatable bonds is 6. The summed E-state index contributed by atoms with van der Waals surface area (Å²) in [4.78, 5) is 32.7. The molecule has 0 fully saturated rings. The van der Waals surface area contributed by atoms with Crippen LogP contribution < -0.4 is 20.3 Å². The summed E-state index contributed by atoms with van der Waals surface area (Å²) < 4.78 is 10.4. The van der Waals surface area contributed by atoms with Gasteiger partial charge in [0.15, 0.2) is 16.7 Å². The molecule has 1 atom stereocenters. The Morgan fingerprint density at radius 1 is 1.13 bits per heavy atom. The quantitative estimate of drug-likeness (QED) is 0.399. The zero-order valence-electron chi connectivity index (χ0n) is 17.0. The molecule has 0 aliphatic carbocycles. The number of hydrogen-bond donors (Lipinski definition) is 3. The van der Waals surface area contributed by atoms with Gasteiger partial charge < -0.3 is 24.9 Å². The molecule has 2 heterocycles. The molecule has 1 amide bonds. The van der Waals surface area contributed by atoms with Crippen LogP contribution in [-0.2, 0) is 10.5 Å². The molecule has 3 aromatic rings. The molecule has 0 saturated heterocycles. The number of hydrogen-bond acceptors (Lipinski definition) is 7. The highest BCUT2D eigenvalue weighted by molar-refractivity contribution is 7.98. The van der Waals surface area contributed by atoms with Gasteiger partial charge in [0.25, 0.3) is 5.56 Å². The van der Waals surface area contributed by atoms with Gasteiger partial charge in [-0.3, -0.25) is 9.59 Å². The molecular weight excluding hydrogens is 418 g/mol. The average molecular weight is 439 g/mol. The second-order valence-corrected chi connectivity index (χ2v) is 7.95. The van der Waals surface area contributed by atoms with E-state index < -0.39 is 5.92 Å². The van der Waals surface area contributed by atoms with Gasteiger partial charge in [-0.05, 0) is 23.3 Å². The molecule has 1 aliphatic heterocycles. The highest BCUT2D eigenvalue weighted by Gasteiger charge is 2.32. The minimum absolute atomic E-state index is 0.0609. The van der Waals surface area contributed by atoms with E-state index in [0.29, 0.717) is 22.0 Å². The predicted octanol–water partition coefficient (Wildman–Crippen LogP) is 3.26. The number of methoxy groups -OCH3 is 2. The highest BCUT2D eigenvalue weighted by Crippen LogP contribution is 2.43. The van der Waals surface area contributed by atoms with Crippen molar-refractivity contribution in [3.8, 4) is 17.2 Å². The molecular formula is C22H21N3O5S. The van der Waals surface area contributed by atoms with E-state index in [-0.39, 0.29) is 41.0 Å². The van der Waals surface area contributed by atoms with Gasteiger partial charge in [-0.15, -0.1) is 0 Å². The first kappa shape index (κ1) is 20.8. The molecule has 0 bridgehead atoms. The third kappa shape index (κ3) is 4.22. The molecule has 9 heteroatoms. The number of amides is 1. The van der Waals surface area contributed by atoms with Crippen LogP contribution in [0, 0.1) is 0 Å². The highest BCUT2D eigenvalue weighted by atomic mass is 32.2. The van der Waals surface area contributed by atoms with Gasteiger partial charge in [0.05, 0.1) is 19.8 Å². The number of aromatic nitrogens is 2. The fourth-order valence-electron chi connectivity index (χ4n) is 3.54. The van der Waals surface area contributed by atoms with Gasteiger partial charge in [-0.1, -0.05) is 42.1 Å². The number of phenolic OH excluding ortho intramolecular Hbond substituents is 1. The van der Waals surface area contributed by atoms with Crippen molar-refractivity contribution in [2.45, 2.75) is 23.2 Å². The first-order chi connectivity index (χ1) is 15.0. The van der Waals surface area contributed by atoms with Crippen LogP contribution in [0.3, 0.4) is 0 Å². The number of phenols is 1. The molecule has 160 valence electrons. The lowest BCUT2D eigenvalue weighted by molar-refractivity contribution is -0.116. The molecule has 0 spiro atoms. The molecule has 2 aromatic carbocycles. The summed E-state index contributed by atoms with van der Waals surface area (Å²) in [7, 11) is 2.84. The van der Waals surface area contributed by atoms with E-state index in [0.717, 1.165) is 5.56 Å². The Labute approximate surface area is 182 Å². The zero-order valence-corrected chi connectivity index (χ0v) is 17.8. The van der Waals surface area contributed by atoms with Crippen molar-refractivity contribution in [2.24, 2.45) is 0 Å². The fourth-order valence-corrected chi connectivity index (χ4v) is 4.36. The van der Waals surface area contributed by atoms with Gasteiger partial charge in [-0.2, -0.15) is 0 Å². The van der Waals surface area contributed by atoms with E-state index in [2.05, 4.69) is 15.3 Å². The monoisotopic (exact) mass is 439 g/mol. The van der Waals surface area contributed by atoms with E-state index in [4.69, 9.17) is 9.47 Å². The molecule has 1 unspecified atom stereocenters. The van der Waals surface area contributed by atoms with Crippen LogP contribution in [0.1, 0.15) is 29.0 Å². The lowest BCUT2D eigenvalue weighted by atomic mass is 9.86. The van der Waals surface area contributed by atoms with E-state index in [1.165, 1.54) is 26.0 Å². The number of H-pyrrole nitrogens is 1. The van der Waals surface area contributed by atoms with Gasteiger partial charge >= 0.3 is 0 Å². The average Bonchev–Trinajstić information content (AvgIpc) is 2.77. The topological polar surface area (TPSA) is 114 Å². The molecule has 1 aliphatic rings. The van der Waals surface area contributed by atoms with Gasteiger partial charge in [0.1, 0.15) is 5.82 Å². The molecule has 8 nitrogen and oxygen atoms in total. The number of fused-ring (bicyclic) bond motifs is 1. The molecule has 31 heavy (non-hydrogen) atoms. The maximum atomic E-state index is 13.0. The number of anilines is 1. The summed E-state index contributed by atoms with van der Waals surface area (Å²) in [6, 6.07) is 13.0. The third-order valence-electron chi connectivity index (χ3n) is 5.05. The van der Waals surface area contributed by atoms with E-state index >= 15 is 0 Å². The summed E-state index contributed by atoms with van der Waals surface area (Å²) in [5.74, 6) is 0.312. The largest absolute Gasteiger partial charge is 0.502 e. The lowest BCUT2D eigenvalue weighted by Gasteiger charge is -2.25. The van der Waals surface area contributed by atoms with Gasteiger partial charge in [0.2, 0.25) is 11.7 Å². The summed E-state index contributed by atoms with van der Waals surface area (Å²) in [5.41, 5.74) is 1.74. The van der Waals surface area contributed by atoms with Crippen LogP contribution >= 0.6 is 11.8 Å². The van der Waals surface area contributed by atoms with Crippen LogP contribution in [0.2, 0.25) is 0 Å². The Balaban J connectivity index is 1.71. The Morgan fingerprint density at radius 3 is 2.45 bits per heavy atom. The van der Waals surface area contributed by atoms with Crippen molar-refractivity contribution in [1.29, 1.82) is 0 Å². The number of carbonyl (C=O) groups is 1. The van der Waals surface area contributed by atoms with E-state index in [1.54, 1.807) is 12.1 Å². The van der Waals surface area contributed by atoms with Crippen LogP contribution in [0.5, 0.6) is 17.2 Å². The zero-order chi connectivity index (χ0) is 22.0. The summed E-state index contributed by atoms with van der Waals surface area (Å²) in [5, 5.41) is 13.3. The van der Waals surface area contributed by atoms with Gasteiger partial charge in [0, 0.05) is 18.1 Å². The summed E-state index contributed by atoms with van der Waals surface area (Å²) >= 11 is 1.38. The first-order valence-corrected chi connectivity index (χ1v) is 10.5. The number of carbonyl (C=O) groups excluding carboxylic acids is 1. The fraction of sp³-hybridized carbons (Fsp3) is 0.227. The molecule has 0 radical (unpaired) electrons. The van der Waals surface area contributed by atoms with Crippen molar-refractivity contribution in [3.63, 3.8) is 0 Å². The van der Waals surface area contributed by atoms with Crippen molar-refractivity contribution < 1.29 is 19.4 Å². The maximum Gasteiger partial charge on any atom is 0.257 e. The van der Waals surface area contributed by atoms with Crippen LogP contribution in [0.25, 0.3) is 0 Å². The minimum Gasteiger partial charge on any atom is -0.502 e. The number of aromatic hydroxyl groups is 1. The molecule has 0 saturated carbocycles. The number of benzene rings is 2. The van der Waals surface area contributed by atoms with Crippen LogP contribution in [-0.4, -0.2) is 35.2 Å². The number of thioether (sulfide) groups is 1. The number of nitrogens with one attached hydrogen (secondary N) is 2. The van der Waals surface area contributed by atoms with Gasteiger partial charge in [-0.25, -0.2) is 4.98 Å². The summed E-state index contributed by atoms with van der Waals surface area (Å²) in [6.45, 7) is 0. The van der Waals surface area contributed by atoms with Crippen molar-refractivity contribution >= 4 is 23.5 Å². The normalized spacial score (nSPS) is 15.2. The molecule has 4 rings (SSSR count). The first-order valence-electron chi connectivity index (χ1n) is 9.55. The molecule has 3 N–H and O–H groups in total. The predicted molar refractivity (Wildman–Crippen MR) is 117 cm³/mol. The lowest BCUT2D eigenvalue weighted by Crippen LogP contribution is -2.31. The summed E-state index contributed by atoms with van der Waals surface area (Å²) in [6.07, 6.45) is 0.0609. The number of aromatic amines is 1. The van der Waals surface area contributed by atoms with Crippen LogP contribution in [0.4, 0.5) is 5.82 Å². The van der Waals surface area contributed by atoms with Crippen molar-refractivity contribution in [2.75, 3.05) is 19.5 Å². The van der Waals surface area contributed by atoms with Crippen LogP contribution in [0.15, 0.2) is 52.4 Å². The van der Waals surface area contributed by atoms with E-state index in [1.807, 2.05) is 30.3 Å².